The summed E-state index contributed by atoms with van der Waals surface area (Å²) in [5, 5.41) is 5.39. The summed E-state index contributed by atoms with van der Waals surface area (Å²) in [6.45, 7) is 0. The van der Waals surface area contributed by atoms with Crippen LogP contribution in [-0.4, -0.2) is 26.0 Å². The Balaban J connectivity index is 1.90. The number of benzene rings is 2. The van der Waals surface area contributed by atoms with Crippen LogP contribution in [0.5, 0.6) is 11.5 Å². The second-order valence-electron chi connectivity index (χ2n) is 6.12. The maximum atomic E-state index is 13.3. The van der Waals surface area contributed by atoms with E-state index < -0.39 is 5.92 Å². The van der Waals surface area contributed by atoms with Crippen molar-refractivity contribution >= 4 is 33.4 Å². The summed E-state index contributed by atoms with van der Waals surface area (Å²) in [5.74, 6) is -0.482. The zero-order chi connectivity index (χ0) is 20.3. The number of anilines is 1. The molecule has 0 bridgehead atoms. The highest BCUT2D eigenvalue weighted by Crippen LogP contribution is 2.37. The minimum Gasteiger partial charge on any atom is -0.493 e. The van der Waals surface area contributed by atoms with Gasteiger partial charge in [0, 0.05) is 40.7 Å². The number of halogens is 2. The Morgan fingerprint density at radius 2 is 1.82 bits per heavy atom. The molecule has 2 amide bonds. The molecule has 3 rings (SSSR count). The first kappa shape index (κ1) is 19.9. The van der Waals surface area contributed by atoms with E-state index in [1.807, 2.05) is 0 Å². The van der Waals surface area contributed by atoms with Gasteiger partial charge >= 0.3 is 0 Å². The average molecular weight is 449 g/mol. The van der Waals surface area contributed by atoms with Gasteiger partial charge < -0.3 is 20.1 Å². The molecule has 1 atom stereocenters. The van der Waals surface area contributed by atoms with Crippen molar-refractivity contribution in [1.29, 1.82) is 0 Å². The van der Waals surface area contributed by atoms with Gasteiger partial charge in [-0.25, -0.2) is 4.39 Å². The van der Waals surface area contributed by atoms with Crippen LogP contribution in [0.1, 0.15) is 17.9 Å². The van der Waals surface area contributed by atoms with Crippen molar-refractivity contribution in [2.45, 2.75) is 12.3 Å². The van der Waals surface area contributed by atoms with E-state index in [4.69, 9.17) is 9.47 Å². The summed E-state index contributed by atoms with van der Waals surface area (Å²) in [6.07, 6.45) is 1.49. The zero-order valence-electron chi connectivity index (χ0n) is 15.2. The minimum absolute atomic E-state index is 0.0952. The van der Waals surface area contributed by atoms with Crippen molar-refractivity contribution in [2.24, 2.45) is 0 Å². The predicted molar refractivity (Wildman–Crippen MR) is 106 cm³/mol. The minimum atomic E-state index is -0.478. The highest BCUT2D eigenvalue weighted by Gasteiger charge is 2.29. The normalized spacial score (nSPS) is 16.1. The topological polar surface area (TPSA) is 76.7 Å². The van der Waals surface area contributed by atoms with E-state index in [9.17, 15) is 14.0 Å². The Labute approximate surface area is 169 Å². The number of rotatable bonds is 5. The van der Waals surface area contributed by atoms with Crippen LogP contribution in [0.2, 0.25) is 0 Å². The lowest BCUT2D eigenvalue weighted by Gasteiger charge is -2.24. The molecule has 1 aliphatic heterocycles. The molecule has 0 spiro atoms. The fourth-order valence-corrected chi connectivity index (χ4v) is 3.40. The van der Waals surface area contributed by atoms with Crippen LogP contribution in [0.3, 0.4) is 0 Å². The molecule has 8 heteroatoms. The molecule has 146 valence electrons. The van der Waals surface area contributed by atoms with Crippen molar-refractivity contribution in [2.75, 3.05) is 19.5 Å². The number of hydrogen-bond acceptors (Lipinski definition) is 4. The van der Waals surface area contributed by atoms with E-state index in [-0.39, 0.29) is 24.1 Å². The summed E-state index contributed by atoms with van der Waals surface area (Å²) in [5.41, 5.74) is 1.54. The summed E-state index contributed by atoms with van der Waals surface area (Å²) in [6, 6.07) is 9.08. The molecule has 28 heavy (non-hydrogen) atoms. The molecular weight excluding hydrogens is 431 g/mol. The highest BCUT2D eigenvalue weighted by atomic mass is 79.9. The largest absolute Gasteiger partial charge is 0.493 e. The van der Waals surface area contributed by atoms with Gasteiger partial charge in [-0.15, -0.1) is 0 Å². The molecule has 1 aliphatic rings. The van der Waals surface area contributed by atoms with Crippen LogP contribution in [0.4, 0.5) is 10.1 Å². The predicted octanol–water partition coefficient (Wildman–Crippen LogP) is 3.73. The molecule has 0 saturated carbocycles. The number of amides is 2. The average Bonchev–Trinajstić information content (AvgIpc) is 2.69. The standard InChI is InChI=1S/C20H18BrFN2O4/c1-27-17-8-15(21)16(9-18(17)28-2)24-20(26)14-10-23-19(25)7-13(14)11-3-5-12(22)6-4-11/h3-6,8-10,13H,7H2,1-2H3,(H,23,25)(H,24,26)/t13-/m0/s1. The maximum Gasteiger partial charge on any atom is 0.253 e. The van der Waals surface area contributed by atoms with Crippen LogP contribution in [-0.2, 0) is 9.59 Å². The number of methoxy groups -OCH3 is 2. The van der Waals surface area contributed by atoms with Crippen LogP contribution in [0.25, 0.3) is 0 Å². The first-order valence-electron chi connectivity index (χ1n) is 8.40. The van der Waals surface area contributed by atoms with Gasteiger partial charge in [0.1, 0.15) is 5.82 Å². The number of nitrogens with one attached hydrogen (secondary N) is 2. The van der Waals surface area contributed by atoms with Gasteiger partial charge in [-0.05, 0) is 33.6 Å². The third-order valence-corrected chi connectivity index (χ3v) is 5.07. The quantitative estimate of drug-likeness (QED) is 0.730. The second-order valence-corrected chi connectivity index (χ2v) is 6.97. The van der Waals surface area contributed by atoms with E-state index in [0.717, 1.165) is 0 Å². The molecular formula is C20H18BrFN2O4. The molecule has 0 unspecified atom stereocenters. The Kier molecular flexibility index (Phi) is 5.99. The lowest BCUT2D eigenvalue weighted by molar-refractivity contribution is -0.121. The van der Waals surface area contributed by atoms with Gasteiger partial charge in [0.2, 0.25) is 5.91 Å². The third kappa shape index (κ3) is 4.17. The molecule has 2 N–H and O–H groups in total. The monoisotopic (exact) mass is 448 g/mol. The van der Waals surface area contributed by atoms with Crippen molar-refractivity contribution in [1.82, 2.24) is 5.32 Å². The van der Waals surface area contributed by atoms with Gasteiger partial charge in [-0.2, -0.15) is 0 Å². The fourth-order valence-electron chi connectivity index (χ4n) is 2.97. The summed E-state index contributed by atoms with van der Waals surface area (Å²) in [4.78, 5) is 24.8. The van der Waals surface area contributed by atoms with Gasteiger partial charge in [-0.1, -0.05) is 12.1 Å². The molecule has 6 nitrogen and oxygen atoms in total. The summed E-state index contributed by atoms with van der Waals surface area (Å²) >= 11 is 3.40. The maximum absolute atomic E-state index is 13.3. The van der Waals surface area contributed by atoms with Crippen molar-refractivity contribution < 1.29 is 23.5 Å². The Bertz CT molecular complexity index is 944. The molecule has 2 aromatic rings. The third-order valence-electron chi connectivity index (χ3n) is 4.41. The molecule has 0 fully saturated rings. The van der Waals surface area contributed by atoms with Gasteiger partial charge in [0.25, 0.3) is 5.91 Å². The Morgan fingerprint density at radius 3 is 2.46 bits per heavy atom. The first-order valence-corrected chi connectivity index (χ1v) is 9.20. The van der Waals surface area contributed by atoms with Crippen molar-refractivity contribution in [3.63, 3.8) is 0 Å². The Hall–Kier alpha value is -2.87. The molecule has 0 aliphatic carbocycles. The molecule has 0 saturated heterocycles. The lowest BCUT2D eigenvalue weighted by atomic mass is 9.86. The second kappa shape index (κ2) is 8.43. The van der Waals surface area contributed by atoms with E-state index in [1.54, 1.807) is 24.3 Å². The van der Waals surface area contributed by atoms with E-state index in [2.05, 4.69) is 26.6 Å². The van der Waals surface area contributed by atoms with Crippen molar-refractivity contribution in [3.8, 4) is 11.5 Å². The van der Waals surface area contributed by atoms with E-state index >= 15 is 0 Å². The Morgan fingerprint density at radius 1 is 1.18 bits per heavy atom. The first-order chi connectivity index (χ1) is 13.4. The summed E-state index contributed by atoms with van der Waals surface area (Å²) < 4.78 is 24.4. The number of carbonyl (C=O) groups excluding carboxylic acids is 2. The van der Waals surface area contributed by atoms with Gasteiger partial charge in [0.05, 0.1) is 19.9 Å². The molecule has 2 aromatic carbocycles. The summed E-state index contributed by atoms with van der Waals surface area (Å²) in [7, 11) is 3.02. The van der Waals surface area contributed by atoms with Crippen LogP contribution in [0.15, 0.2) is 52.6 Å². The smallest absolute Gasteiger partial charge is 0.253 e. The van der Waals surface area contributed by atoms with Crippen molar-refractivity contribution in [3.05, 3.63) is 64.0 Å². The fraction of sp³-hybridized carbons (Fsp3) is 0.200. The number of carbonyl (C=O) groups is 2. The lowest BCUT2D eigenvalue weighted by Crippen LogP contribution is -2.32. The highest BCUT2D eigenvalue weighted by molar-refractivity contribution is 9.10. The van der Waals surface area contributed by atoms with E-state index in [1.165, 1.54) is 32.6 Å². The zero-order valence-corrected chi connectivity index (χ0v) is 16.8. The number of ether oxygens (including phenoxy) is 2. The molecule has 1 heterocycles. The molecule has 0 radical (unpaired) electrons. The van der Waals surface area contributed by atoms with Gasteiger partial charge in [-0.3, -0.25) is 9.59 Å². The SMILES string of the molecule is COc1cc(Br)c(NC(=O)C2=CNC(=O)C[C@H]2c2ccc(F)cc2)cc1OC. The number of hydrogen-bond donors (Lipinski definition) is 2. The van der Waals surface area contributed by atoms with Crippen LogP contribution >= 0.6 is 15.9 Å². The van der Waals surface area contributed by atoms with Crippen LogP contribution < -0.4 is 20.1 Å². The van der Waals surface area contributed by atoms with E-state index in [0.29, 0.717) is 32.8 Å². The van der Waals surface area contributed by atoms with Crippen LogP contribution in [0, 0.1) is 5.82 Å². The van der Waals surface area contributed by atoms with Gasteiger partial charge in [0.15, 0.2) is 11.5 Å². The molecule has 0 aromatic heterocycles.